The number of ketones is 2. The van der Waals surface area contributed by atoms with Gasteiger partial charge >= 0.3 is 0 Å². The fourth-order valence-corrected chi connectivity index (χ4v) is 2.50. The number of hydrogen-bond acceptors (Lipinski definition) is 7. The minimum Gasteiger partial charge on any atom is -0.384 e. The van der Waals surface area contributed by atoms with Crippen LogP contribution in [0.15, 0.2) is 18.2 Å². The molecule has 0 unspecified atom stereocenters. The Morgan fingerprint density at radius 3 is 2.04 bits per heavy atom. The van der Waals surface area contributed by atoms with Crippen LogP contribution in [0.25, 0.3) is 0 Å². The van der Waals surface area contributed by atoms with Gasteiger partial charge in [0.1, 0.15) is 0 Å². The number of anilines is 1. The summed E-state index contributed by atoms with van der Waals surface area (Å²) >= 11 is 0. The van der Waals surface area contributed by atoms with Crippen LogP contribution in [0.2, 0.25) is 0 Å². The maximum Gasteiger partial charge on any atom is 0.162 e. The van der Waals surface area contributed by atoms with E-state index >= 15 is 0 Å². The van der Waals surface area contributed by atoms with Crippen molar-refractivity contribution in [1.29, 1.82) is 0 Å². The number of hydrogen-bond donors (Lipinski definition) is 2. The summed E-state index contributed by atoms with van der Waals surface area (Å²) in [5.41, 5.74) is 6.96. The Hall–Kier alpha value is -1.80. The third-order valence-corrected chi connectivity index (χ3v) is 3.81. The summed E-state index contributed by atoms with van der Waals surface area (Å²) in [7, 11) is 0. The van der Waals surface area contributed by atoms with Crippen molar-refractivity contribution in [2.24, 2.45) is 5.73 Å². The molecule has 3 N–H and O–H groups in total. The summed E-state index contributed by atoms with van der Waals surface area (Å²) in [6, 6.07) is 5.27. The van der Waals surface area contributed by atoms with E-state index in [4.69, 9.17) is 19.9 Å². The molecule has 0 heterocycles. The van der Waals surface area contributed by atoms with Crippen molar-refractivity contribution in [3.05, 3.63) is 29.3 Å². The number of benzene rings is 1. The molecular weight excluding hydrogens is 348 g/mol. The highest BCUT2D eigenvalue weighted by molar-refractivity contribution is 6.10. The normalized spacial score (nSPS) is 10.8. The molecule has 0 spiro atoms. The molecule has 1 aromatic carbocycles. The van der Waals surface area contributed by atoms with Crippen molar-refractivity contribution < 1.29 is 23.8 Å². The van der Waals surface area contributed by atoms with Crippen molar-refractivity contribution in [2.45, 2.75) is 26.7 Å². The Balaban J connectivity index is 2.15. The lowest BCUT2D eigenvalue weighted by Crippen LogP contribution is -2.14. The molecule has 7 heteroatoms. The van der Waals surface area contributed by atoms with Gasteiger partial charge in [0.15, 0.2) is 11.6 Å². The lowest BCUT2D eigenvalue weighted by Gasteiger charge is -2.13. The van der Waals surface area contributed by atoms with Crippen LogP contribution in [0, 0.1) is 0 Å². The third-order valence-electron chi connectivity index (χ3n) is 3.81. The first kappa shape index (κ1) is 23.2. The SMILES string of the molecule is CC(=O)c1cccc(NCCCOCCOCCOCCCN)c1C(C)=O. The molecule has 0 aliphatic heterocycles. The second kappa shape index (κ2) is 14.3. The van der Waals surface area contributed by atoms with Crippen molar-refractivity contribution >= 4 is 17.3 Å². The first-order chi connectivity index (χ1) is 13.1. The van der Waals surface area contributed by atoms with Gasteiger partial charge in [0.05, 0.1) is 32.0 Å². The zero-order valence-electron chi connectivity index (χ0n) is 16.4. The molecule has 0 atom stereocenters. The largest absolute Gasteiger partial charge is 0.384 e. The zero-order valence-corrected chi connectivity index (χ0v) is 16.4. The summed E-state index contributed by atoms with van der Waals surface area (Å²) in [5.74, 6) is -0.235. The van der Waals surface area contributed by atoms with Gasteiger partial charge in [0.2, 0.25) is 0 Å². The summed E-state index contributed by atoms with van der Waals surface area (Å²) in [6.07, 6.45) is 1.65. The van der Waals surface area contributed by atoms with E-state index in [1.165, 1.54) is 13.8 Å². The van der Waals surface area contributed by atoms with Gasteiger partial charge < -0.3 is 25.3 Å². The molecule has 0 aliphatic carbocycles. The molecule has 1 aromatic rings. The molecular formula is C20H32N2O5. The summed E-state index contributed by atoms with van der Waals surface area (Å²) in [6.45, 7) is 7.67. The minimum atomic E-state index is -0.122. The molecule has 0 fully saturated rings. The van der Waals surface area contributed by atoms with Gasteiger partial charge in [-0.05, 0) is 39.3 Å². The molecule has 0 bridgehead atoms. The fraction of sp³-hybridized carbons (Fsp3) is 0.600. The van der Waals surface area contributed by atoms with E-state index in [1.54, 1.807) is 12.1 Å². The maximum atomic E-state index is 11.9. The van der Waals surface area contributed by atoms with Crippen LogP contribution in [0.1, 0.15) is 47.4 Å². The van der Waals surface area contributed by atoms with Gasteiger partial charge in [-0.15, -0.1) is 0 Å². The lowest BCUT2D eigenvalue weighted by atomic mass is 9.99. The second-order valence-electron chi connectivity index (χ2n) is 6.10. The molecule has 0 radical (unpaired) electrons. The summed E-state index contributed by atoms with van der Waals surface area (Å²) in [5, 5.41) is 3.22. The first-order valence-corrected chi connectivity index (χ1v) is 9.40. The van der Waals surface area contributed by atoms with Crippen LogP contribution < -0.4 is 11.1 Å². The Morgan fingerprint density at radius 1 is 0.889 bits per heavy atom. The van der Waals surface area contributed by atoms with Crippen LogP contribution in [-0.2, 0) is 14.2 Å². The lowest BCUT2D eigenvalue weighted by molar-refractivity contribution is 0.0144. The number of nitrogens with one attached hydrogen (secondary N) is 1. The van der Waals surface area contributed by atoms with Crippen molar-refractivity contribution in [3.8, 4) is 0 Å². The standard InChI is InChI=1S/C20H32N2O5/c1-16(23)18-6-3-7-19(20(18)17(2)24)22-9-5-11-26-13-15-27-14-12-25-10-4-8-21/h3,6-7,22H,4-5,8-15,21H2,1-2H3. The highest BCUT2D eigenvalue weighted by Crippen LogP contribution is 2.21. The predicted octanol–water partition coefficient (Wildman–Crippen LogP) is 2.29. The van der Waals surface area contributed by atoms with E-state index < -0.39 is 0 Å². The maximum absolute atomic E-state index is 11.9. The van der Waals surface area contributed by atoms with Crippen molar-refractivity contribution in [3.63, 3.8) is 0 Å². The number of ether oxygens (including phenoxy) is 3. The average Bonchev–Trinajstić information content (AvgIpc) is 2.65. The second-order valence-corrected chi connectivity index (χ2v) is 6.10. The van der Waals surface area contributed by atoms with Crippen molar-refractivity contribution in [2.75, 3.05) is 58.0 Å². The number of Topliss-reactive ketones (excluding diaryl/α,β-unsaturated/α-hetero) is 2. The highest BCUT2D eigenvalue weighted by atomic mass is 16.5. The minimum absolute atomic E-state index is 0.114. The highest BCUT2D eigenvalue weighted by Gasteiger charge is 2.15. The Kier molecular flexibility index (Phi) is 12.3. The van der Waals surface area contributed by atoms with Crippen LogP contribution in [0.5, 0.6) is 0 Å². The molecule has 7 nitrogen and oxygen atoms in total. The van der Waals surface area contributed by atoms with Gasteiger partial charge in [0, 0.05) is 31.0 Å². The van der Waals surface area contributed by atoms with Crippen molar-refractivity contribution in [1.82, 2.24) is 0 Å². The molecule has 0 aliphatic rings. The fourth-order valence-electron chi connectivity index (χ4n) is 2.50. The van der Waals surface area contributed by atoms with Gasteiger partial charge in [0.25, 0.3) is 0 Å². The number of nitrogens with two attached hydrogens (primary N) is 1. The smallest absolute Gasteiger partial charge is 0.162 e. The molecule has 0 saturated carbocycles. The molecule has 0 aromatic heterocycles. The molecule has 152 valence electrons. The van der Waals surface area contributed by atoms with E-state index in [0.29, 0.717) is 69.5 Å². The van der Waals surface area contributed by atoms with Crippen LogP contribution in [-0.4, -0.2) is 64.3 Å². The molecule has 1 rings (SSSR count). The molecule has 0 amide bonds. The van der Waals surface area contributed by atoms with Gasteiger partial charge in [-0.25, -0.2) is 0 Å². The van der Waals surface area contributed by atoms with Gasteiger partial charge in [-0.3, -0.25) is 9.59 Å². The molecule has 27 heavy (non-hydrogen) atoms. The monoisotopic (exact) mass is 380 g/mol. The topological polar surface area (TPSA) is 99.9 Å². The summed E-state index contributed by atoms with van der Waals surface area (Å²) < 4.78 is 16.2. The third kappa shape index (κ3) is 9.63. The Morgan fingerprint density at radius 2 is 1.48 bits per heavy atom. The van der Waals surface area contributed by atoms with Crippen LogP contribution >= 0.6 is 0 Å². The van der Waals surface area contributed by atoms with Crippen LogP contribution in [0.3, 0.4) is 0 Å². The number of rotatable bonds is 16. The number of carbonyl (C=O) groups is 2. The van der Waals surface area contributed by atoms with E-state index in [9.17, 15) is 9.59 Å². The Labute approximate surface area is 161 Å². The van der Waals surface area contributed by atoms with Gasteiger partial charge in [-0.1, -0.05) is 12.1 Å². The predicted molar refractivity (Wildman–Crippen MR) is 106 cm³/mol. The number of carbonyl (C=O) groups excluding carboxylic acids is 2. The quantitative estimate of drug-likeness (QED) is 0.335. The van der Waals surface area contributed by atoms with Crippen LogP contribution in [0.4, 0.5) is 5.69 Å². The molecule has 0 saturated heterocycles. The van der Waals surface area contributed by atoms with E-state index in [2.05, 4.69) is 5.32 Å². The first-order valence-electron chi connectivity index (χ1n) is 9.40. The van der Waals surface area contributed by atoms with E-state index in [0.717, 1.165) is 12.8 Å². The van der Waals surface area contributed by atoms with Gasteiger partial charge in [-0.2, -0.15) is 0 Å². The summed E-state index contributed by atoms with van der Waals surface area (Å²) in [4.78, 5) is 23.6. The van der Waals surface area contributed by atoms with E-state index in [-0.39, 0.29) is 11.6 Å². The Bertz CT molecular complexity index is 577. The van der Waals surface area contributed by atoms with E-state index in [1.807, 2.05) is 6.07 Å². The average molecular weight is 380 g/mol. The zero-order chi connectivity index (χ0) is 19.9.